The van der Waals surface area contributed by atoms with Crippen molar-refractivity contribution in [3.05, 3.63) is 29.6 Å². The first-order valence-electron chi connectivity index (χ1n) is 6.85. The third-order valence-corrected chi connectivity index (χ3v) is 5.76. The van der Waals surface area contributed by atoms with Crippen molar-refractivity contribution in [3.8, 4) is 5.75 Å². The molecule has 0 saturated heterocycles. The van der Waals surface area contributed by atoms with Crippen molar-refractivity contribution in [2.24, 2.45) is 0 Å². The summed E-state index contributed by atoms with van der Waals surface area (Å²) in [7, 11) is -1.35. The molecule has 0 N–H and O–H groups in total. The highest BCUT2D eigenvalue weighted by molar-refractivity contribution is 6.60. The lowest BCUT2D eigenvalue weighted by atomic mass is 10.2. The van der Waals surface area contributed by atoms with Crippen molar-refractivity contribution in [2.75, 3.05) is 26.9 Å². The molecule has 1 rings (SSSR count). The van der Waals surface area contributed by atoms with Gasteiger partial charge in [0, 0.05) is 25.9 Å². The average Bonchev–Trinajstić information content (AvgIpc) is 2.40. The summed E-state index contributed by atoms with van der Waals surface area (Å²) in [5.74, 6) is -0.164. The quantitative estimate of drug-likeness (QED) is 0.657. The molecular formula is C14H23FO4Si. The van der Waals surface area contributed by atoms with Crippen LogP contribution >= 0.6 is 0 Å². The van der Waals surface area contributed by atoms with Gasteiger partial charge in [0.25, 0.3) is 0 Å². The molecule has 0 aliphatic heterocycles. The second-order valence-electron chi connectivity index (χ2n) is 4.13. The van der Waals surface area contributed by atoms with Gasteiger partial charge in [-0.15, -0.1) is 0 Å². The zero-order valence-corrected chi connectivity index (χ0v) is 13.6. The first-order valence-corrected chi connectivity index (χ1v) is 8.78. The fraction of sp³-hybridized carbons (Fsp3) is 0.571. The predicted molar refractivity (Wildman–Crippen MR) is 77.3 cm³/mol. The van der Waals surface area contributed by atoms with Crippen LogP contribution in [0.15, 0.2) is 18.2 Å². The number of rotatable bonds is 9. The maximum Gasteiger partial charge on any atom is 0.505 e. The number of halogens is 1. The van der Waals surface area contributed by atoms with Crippen LogP contribution < -0.4 is 4.74 Å². The van der Waals surface area contributed by atoms with Gasteiger partial charge in [0.05, 0.1) is 7.11 Å². The fourth-order valence-corrected chi connectivity index (χ4v) is 4.60. The van der Waals surface area contributed by atoms with Crippen LogP contribution in [0, 0.1) is 5.82 Å². The van der Waals surface area contributed by atoms with Crippen molar-refractivity contribution in [2.45, 2.75) is 26.8 Å². The average molecular weight is 302 g/mol. The van der Waals surface area contributed by atoms with Crippen LogP contribution in [0.4, 0.5) is 4.39 Å². The summed E-state index contributed by atoms with van der Waals surface area (Å²) in [6, 6.07) is 5.30. The van der Waals surface area contributed by atoms with E-state index in [1.807, 2.05) is 20.8 Å². The number of hydrogen-bond acceptors (Lipinski definition) is 4. The maximum absolute atomic E-state index is 13.8. The molecule has 0 aliphatic carbocycles. The monoisotopic (exact) mass is 302 g/mol. The van der Waals surface area contributed by atoms with Crippen LogP contribution in [-0.4, -0.2) is 35.7 Å². The van der Waals surface area contributed by atoms with Gasteiger partial charge in [-0.3, -0.25) is 0 Å². The molecule has 0 radical (unpaired) electrons. The second-order valence-corrected chi connectivity index (χ2v) is 6.71. The minimum absolute atomic E-state index is 0.227. The Labute approximate surface area is 121 Å². The molecule has 1 aromatic rings. The summed E-state index contributed by atoms with van der Waals surface area (Å²) in [6.45, 7) is 7.21. The molecule has 0 spiro atoms. The van der Waals surface area contributed by atoms with Crippen LogP contribution in [-0.2, 0) is 19.3 Å². The van der Waals surface area contributed by atoms with Gasteiger partial charge in [-0.1, -0.05) is 6.07 Å². The molecule has 0 heterocycles. The van der Waals surface area contributed by atoms with Crippen LogP contribution in [0.5, 0.6) is 5.75 Å². The van der Waals surface area contributed by atoms with Gasteiger partial charge in [-0.25, -0.2) is 4.39 Å². The SMILES string of the molecule is CCO[Si](Cc1ccc(OC)c(F)c1)(OCC)OCC. The molecule has 0 atom stereocenters. The summed E-state index contributed by atoms with van der Waals surface area (Å²) < 4.78 is 35.9. The number of benzene rings is 1. The highest BCUT2D eigenvalue weighted by atomic mass is 28.4. The number of hydrogen-bond donors (Lipinski definition) is 0. The summed E-state index contributed by atoms with van der Waals surface area (Å²) in [4.78, 5) is 0. The Morgan fingerprint density at radius 2 is 1.55 bits per heavy atom. The lowest BCUT2D eigenvalue weighted by molar-refractivity contribution is 0.0704. The molecule has 20 heavy (non-hydrogen) atoms. The first kappa shape index (κ1) is 17.1. The van der Waals surface area contributed by atoms with Crippen molar-refractivity contribution in [1.82, 2.24) is 0 Å². The number of methoxy groups -OCH3 is 1. The summed E-state index contributed by atoms with van der Waals surface area (Å²) in [5.41, 5.74) is 0.783. The lowest BCUT2D eigenvalue weighted by Gasteiger charge is -2.28. The standard InChI is InChI=1S/C14H23FO4Si/c1-5-17-20(18-6-2,19-7-3)11-12-8-9-14(16-4)13(15)10-12/h8-10H,5-7,11H2,1-4H3. The Morgan fingerprint density at radius 3 is 1.95 bits per heavy atom. The Hall–Kier alpha value is -0.953. The fourth-order valence-electron chi connectivity index (χ4n) is 2.01. The minimum Gasteiger partial charge on any atom is -0.494 e. The van der Waals surface area contributed by atoms with E-state index in [-0.39, 0.29) is 5.75 Å². The zero-order chi connectivity index (χ0) is 15.0. The minimum atomic E-state index is -2.79. The second kappa shape index (κ2) is 8.36. The molecular weight excluding hydrogens is 279 g/mol. The highest BCUT2D eigenvalue weighted by Crippen LogP contribution is 2.22. The van der Waals surface area contributed by atoms with Crippen molar-refractivity contribution in [3.63, 3.8) is 0 Å². The van der Waals surface area contributed by atoms with E-state index in [1.54, 1.807) is 12.1 Å². The van der Waals surface area contributed by atoms with E-state index < -0.39 is 14.6 Å². The molecule has 0 saturated carbocycles. The molecule has 0 aromatic heterocycles. The Balaban J connectivity index is 2.95. The van der Waals surface area contributed by atoms with Gasteiger partial charge in [-0.2, -0.15) is 0 Å². The summed E-state index contributed by atoms with van der Waals surface area (Å²) in [5, 5.41) is 0. The smallest absolute Gasteiger partial charge is 0.494 e. The molecule has 0 aliphatic rings. The first-order chi connectivity index (χ1) is 9.60. The van der Waals surface area contributed by atoms with Crippen LogP contribution in [0.1, 0.15) is 26.3 Å². The third-order valence-electron chi connectivity index (χ3n) is 2.73. The van der Waals surface area contributed by atoms with Gasteiger partial charge in [-0.05, 0) is 38.5 Å². The van der Waals surface area contributed by atoms with E-state index in [0.29, 0.717) is 25.9 Å². The molecule has 0 amide bonds. The normalized spacial score (nSPS) is 11.7. The van der Waals surface area contributed by atoms with E-state index in [4.69, 9.17) is 18.0 Å². The third kappa shape index (κ3) is 4.55. The van der Waals surface area contributed by atoms with Gasteiger partial charge >= 0.3 is 8.80 Å². The van der Waals surface area contributed by atoms with E-state index in [2.05, 4.69) is 0 Å². The molecule has 0 bridgehead atoms. The van der Waals surface area contributed by atoms with E-state index in [0.717, 1.165) is 5.56 Å². The van der Waals surface area contributed by atoms with Crippen LogP contribution in [0.2, 0.25) is 0 Å². The van der Waals surface area contributed by atoms with E-state index in [9.17, 15) is 4.39 Å². The molecule has 0 fully saturated rings. The Kier molecular flexibility index (Phi) is 7.15. The maximum atomic E-state index is 13.8. The van der Waals surface area contributed by atoms with Crippen molar-refractivity contribution in [1.29, 1.82) is 0 Å². The molecule has 114 valence electrons. The summed E-state index contributed by atoms with van der Waals surface area (Å²) >= 11 is 0. The molecule has 4 nitrogen and oxygen atoms in total. The van der Waals surface area contributed by atoms with Gasteiger partial charge in [0.2, 0.25) is 0 Å². The van der Waals surface area contributed by atoms with Gasteiger partial charge in [0.15, 0.2) is 11.6 Å². The zero-order valence-electron chi connectivity index (χ0n) is 12.6. The van der Waals surface area contributed by atoms with Crippen molar-refractivity contribution >= 4 is 8.80 Å². The van der Waals surface area contributed by atoms with Gasteiger partial charge in [0.1, 0.15) is 0 Å². The highest BCUT2D eigenvalue weighted by Gasteiger charge is 2.40. The largest absolute Gasteiger partial charge is 0.505 e. The van der Waals surface area contributed by atoms with Crippen LogP contribution in [0.3, 0.4) is 0 Å². The predicted octanol–water partition coefficient (Wildman–Crippen LogP) is 2.96. The van der Waals surface area contributed by atoms with Gasteiger partial charge < -0.3 is 18.0 Å². The molecule has 6 heteroatoms. The lowest BCUT2D eigenvalue weighted by Crippen LogP contribution is -2.48. The van der Waals surface area contributed by atoms with E-state index in [1.165, 1.54) is 13.2 Å². The van der Waals surface area contributed by atoms with Crippen molar-refractivity contribution < 1.29 is 22.4 Å². The Bertz CT molecular complexity index is 397. The van der Waals surface area contributed by atoms with Crippen LogP contribution in [0.25, 0.3) is 0 Å². The number of ether oxygens (including phenoxy) is 1. The molecule has 1 aromatic carbocycles. The van der Waals surface area contributed by atoms with E-state index >= 15 is 0 Å². The Morgan fingerprint density at radius 1 is 1.00 bits per heavy atom. The summed E-state index contributed by atoms with van der Waals surface area (Å²) in [6.07, 6.45) is 0. The topological polar surface area (TPSA) is 36.9 Å². The molecule has 0 unspecified atom stereocenters.